The first kappa shape index (κ1) is 71.4. The fraction of sp³-hybridized carbons (Fsp3) is 0. The lowest BCUT2D eigenvalue weighted by atomic mass is 10.0. The number of pyridine rings is 3. The molecule has 9 aromatic heterocycles. The second-order valence-electron chi connectivity index (χ2n) is 31.8. The van der Waals surface area contributed by atoms with Gasteiger partial charge >= 0.3 is 0 Å². The number of nitrogens with zero attached hydrogens (tertiary/aromatic N) is 9. The third kappa shape index (κ3) is 11.7. The van der Waals surface area contributed by atoms with Crippen LogP contribution in [0.15, 0.2) is 455 Å². The molecule has 0 atom stereocenters. The van der Waals surface area contributed by atoms with E-state index < -0.39 is 0 Å². The molecular formula is C115H75N9. The van der Waals surface area contributed by atoms with Crippen LogP contribution in [0.3, 0.4) is 0 Å². The Kier molecular flexibility index (Phi) is 17.1. The molecule has 9 heterocycles. The molecule has 0 aliphatic heterocycles. The fourth-order valence-corrected chi connectivity index (χ4v) is 19.5. The van der Waals surface area contributed by atoms with E-state index in [1.807, 2.05) is 18.6 Å². The molecule has 0 bridgehead atoms. The van der Waals surface area contributed by atoms with Crippen LogP contribution in [0.5, 0.6) is 0 Å². The van der Waals surface area contributed by atoms with Crippen LogP contribution in [0, 0.1) is 0 Å². The van der Waals surface area contributed by atoms with Gasteiger partial charge in [-0.2, -0.15) is 0 Å². The van der Waals surface area contributed by atoms with Crippen molar-refractivity contribution in [3.63, 3.8) is 0 Å². The van der Waals surface area contributed by atoms with Crippen LogP contribution in [0.25, 0.3) is 221 Å². The van der Waals surface area contributed by atoms with Gasteiger partial charge in [0.15, 0.2) is 0 Å². The average molecular weight is 1580 g/mol. The van der Waals surface area contributed by atoms with Crippen LogP contribution in [0.2, 0.25) is 0 Å². The number of aromatic nitrogens is 9. The Hall–Kier alpha value is -16.8. The third-order valence-electron chi connectivity index (χ3n) is 24.9. The predicted octanol–water partition coefficient (Wildman–Crippen LogP) is 29.6. The number of para-hydroxylation sites is 10. The monoisotopic (exact) mass is 1580 g/mol. The van der Waals surface area contributed by atoms with Crippen molar-refractivity contribution in [3.8, 4) is 79.0 Å². The predicted molar refractivity (Wildman–Crippen MR) is 518 cm³/mol. The highest BCUT2D eigenvalue weighted by atomic mass is 15.0. The molecule has 26 aromatic rings. The first-order valence-corrected chi connectivity index (χ1v) is 42.2. The van der Waals surface area contributed by atoms with Gasteiger partial charge in [-0.25, -0.2) is 0 Å². The van der Waals surface area contributed by atoms with Crippen LogP contribution >= 0.6 is 0 Å². The first-order valence-electron chi connectivity index (χ1n) is 42.2. The van der Waals surface area contributed by atoms with E-state index in [2.05, 4.69) is 464 Å². The van der Waals surface area contributed by atoms with Crippen molar-refractivity contribution in [3.05, 3.63) is 455 Å². The van der Waals surface area contributed by atoms with Gasteiger partial charge in [-0.15, -0.1) is 0 Å². The molecule has 0 spiro atoms. The largest absolute Gasteiger partial charge is 0.309 e. The lowest BCUT2D eigenvalue weighted by Gasteiger charge is -2.11. The number of rotatable bonds is 10. The summed E-state index contributed by atoms with van der Waals surface area (Å²) in [5.41, 5.74) is 29.8. The molecular weight excluding hydrogens is 1510 g/mol. The number of hydrogen-bond donors (Lipinski definition) is 0. The van der Waals surface area contributed by atoms with Crippen molar-refractivity contribution in [2.75, 3.05) is 0 Å². The molecule has 26 rings (SSSR count). The van der Waals surface area contributed by atoms with Crippen LogP contribution in [-0.4, -0.2) is 42.4 Å². The maximum Gasteiger partial charge on any atom is 0.0802 e. The second-order valence-corrected chi connectivity index (χ2v) is 31.8. The Morgan fingerprint density at radius 1 is 0.137 bits per heavy atom. The van der Waals surface area contributed by atoms with Crippen molar-refractivity contribution in [2.24, 2.45) is 0 Å². The molecule has 0 fully saturated rings. The molecule has 124 heavy (non-hydrogen) atoms. The molecule has 0 aliphatic carbocycles. The van der Waals surface area contributed by atoms with E-state index in [4.69, 9.17) is 15.0 Å². The molecule has 0 amide bonds. The summed E-state index contributed by atoms with van der Waals surface area (Å²) >= 11 is 0. The van der Waals surface area contributed by atoms with Gasteiger partial charge in [0.2, 0.25) is 0 Å². The van der Waals surface area contributed by atoms with Gasteiger partial charge in [0.05, 0.1) is 83.3 Å². The van der Waals surface area contributed by atoms with E-state index in [1.54, 1.807) is 0 Å². The quantitative estimate of drug-likeness (QED) is 0.137. The topological polar surface area (TPSA) is 68.2 Å². The summed E-state index contributed by atoms with van der Waals surface area (Å²) in [4.78, 5) is 15.0. The molecule has 0 radical (unpaired) electrons. The Balaban J connectivity index is 0.000000105. The van der Waals surface area contributed by atoms with Crippen molar-refractivity contribution in [1.29, 1.82) is 0 Å². The van der Waals surface area contributed by atoms with E-state index in [-0.39, 0.29) is 0 Å². The smallest absolute Gasteiger partial charge is 0.0802 e. The molecule has 0 aliphatic rings. The summed E-state index contributed by atoms with van der Waals surface area (Å²) in [5, 5.41) is 17.1. The van der Waals surface area contributed by atoms with Crippen LogP contribution in [0.4, 0.5) is 0 Å². The number of hydrogen-bond acceptors (Lipinski definition) is 3. The zero-order valence-electron chi connectivity index (χ0n) is 67.3. The standard InChI is InChI=1S/C41H27N3.C39H25N3.C35H23N3/c1-3-11-28(12-4-1)29-19-22-32(23-20-29)44-36-17-9-7-15-33(36)34-24-21-30(27-39(34)44)41-40-35-16-8-10-18-37(35)43(38(40)25-26-42-41)31-13-5-2-6-14-31;1-2-12-29(13-3-1)41-35-17-9-7-15-33(35)38-36(41)22-23-40-39(38)28-19-21-32-31-14-6-8-16-34(31)42(37(32)25-28)30-20-18-26-10-4-5-11-27(26)24-30;1-3-11-25(12-4-1)37-31-18-10-8-16-29(31)34-32(37)21-22-36-35(34)24-19-20-28-27-15-7-9-17-30(27)38(33(28)23-24)26-13-5-2-6-14-26/h1-27H;1-25H;1-23H. The lowest BCUT2D eigenvalue weighted by Crippen LogP contribution is -1.95. The molecule has 0 saturated heterocycles. The number of benzene rings is 17. The van der Waals surface area contributed by atoms with Crippen LogP contribution < -0.4 is 0 Å². The molecule has 0 N–H and O–H groups in total. The maximum atomic E-state index is 5.02. The number of fused-ring (bicyclic) bond motifs is 19. The minimum Gasteiger partial charge on any atom is -0.309 e. The molecule has 0 saturated carbocycles. The Morgan fingerprint density at radius 3 is 0.734 bits per heavy atom. The molecule has 0 unspecified atom stereocenters. The van der Waals surface area contributed by atoms with Crippen molar-refractivity contribution < 1.29 is 0 Å². The van der Waals surface area contributed by atoms with Crippen molar-refractivity contribution in [1.82, 2.24) is 42.4 Å². The summed E-state index contributed by atoms with van der Waals surface area (Å²) in [7, 11) is 0. The molecule has 9 nitrogen and oxygen atoms in total. The van der Waals surface area contributed by atoms with Crippen LogP contribution in [-0.2, 0) is 0 Å². The van der Waals surface area contributed by atoms with Gasteiger partial charge in [0, 0.05) is 134 Å². The summed E-state index contributed by atoms with van der Waals surface area (Å²) in [5.74, 6) is 0. The molecule has 9 heteroatoms. The first-order chi connectivity index (χ1) is 61.6. The van der Waals surface area contributed by atoms with Crippen molar-refractivity contribution in [2.45, 2.75) is 0 Å². The van der Waals surface area contributed by atoms with E-state index >= 15 is 0 Å². The minimum absolute atomic E-state index is 0.992. The molecule has 17 aromatic carbocycles. The summed E-state index contributed by atoms with van der Waals surface area (Å²) < 4.78 is 14.2. The fourth-order valence-electron chi connectivity index (χ4n) is 19.5. The van der Waals surface area contributed by atoms with Crippen LogP contribution in [0.1, 0.15) is 0 Å². The third-order valence-corrected chi connectivity index (χ3v) is 24.9. The van der Waals surface area contributed by atoms with Gasteiger partial charge in [-0.05, 0) is 167 Å². The summed E-state index contributed by atoms with van der Waals surface area (Å²) in [6, 6.07) is 156. The van der Waals surface area contributed by atoms with Gasteiger partial charge in [0.25, 0.3) is 0 Å². The van der Waals surface area contributed by atoms with Gasteiger partial charge < -0.3 is 27.4 Å². The Morgan fingerprint density at radius 2 is 0.379 bits per heavy atom. The second kappa shape index (κ2) is 29.6. The van der Waals surface area contributed by atoms with E-state index in [0.717, 1.165) is 84.4 Å². The SMILES string of the molecule is c1ccc(-c2ccc(-n3c4ccccc4c4ccc(-c5nccc6c5c5ccccc5n6-c5ccccc5)cc43)cc2)cc1.c1ccc(-n2c3ccccc3c3c(-c4ccc5c6ccccc6n(-c6ccc7ccccc7c6)c5c4)nccc32)cc1.c1ccc(-n2c3ccccc3c3ccc(-c4nccc5c4c4ccccc4n5-c4ccccc4)cc32)cc1. The normalized spacial score (nSPS) is 11.7. The van der Waals surface area contributed by atoms with Gasteiger partial charge in [-0.1, -0.05) is 291 Å². The lowest BCUT2D eigenvalue weighted by molar-refractivity contribution is 1.17. The molecule has 580 valence electrons. The zero-order chi connectivity index (χ0) is 81.7. The Bertz CT molecular complexity index is 8650. The average Bonchev–Trinajstić information content (AvgIpc) is 1.58. The maximum absolute atomic E-state index is 5.02. The summed E-state index contributed by atoms with van der Waals surface area (Å²) in [6.45, 7) is 0. The summed E-state index contributed by atoms with van der Waals surface area (Å²) in [6.07, 6.45) is 5.82. The highest BCUT2D eigenvalue weighted by molar-refractivity contribution is 6.20. The van der Waals surface area contributed by atoms with E-state index in [0.29, 0.717) is 0 Å². The highest BCUT2D eigenvalue weighted by Gasteiger charge is 2.25. The van der Waals surface area contributed by atoms with E-state index in [1.165, 1.54) is 136 Å². The van der Waals surface area contributed by atoms with Crippen molar-refractivity contribution >= 4 is 142 Å². The zero-order valence-corrected chi connectivity index (χ0v) is 67.3. The Labute approximate surface area is 713 Å². The highest BCUT2D eigenvalue weighted by Crippen LogP contribution is 2.46. The minimum atomic E-state index is 0.992. The van der Waals surface area contributed by atoms with E-state index in [9.17, 15) is 0 Å². The van der Waals surface area contributed by atoms with Gasteiger partial charge in [-0.3, -0.25) is 15.0 Å². The van der Waals surface area contributed by atoms with Gasteiger partial charge in [0.1, 0.15) is 0 Å².